The fourth-order valence-electron chi connectivity index (χ4n) is 3.89. The molecule has 1 aromatic heterocycles. The van der Waals surface area contributed by atoms with Crippen LogP contribution in [0.15, 0.2) is 78.0 Å². The standard InChI is InChI=1S/C28H29N3O3S/c1-2-3-8-26-29-30-28(35-19-22-11-9-21(18-32)10-12-22)31(26)17-20-13-15-23(16-14-20)24-6-4-5-7-25(24)27(33)34/h4-7,9-16,32H,2-3,8,17-19H2,1H3,(H,33,34). The zero-order valence-corrected chi connectivity index (χ0v) is 20.5. The highest BCUT2D eigenvalue weighted by Crippen LogP contribution is 2.27. The van der Waals surface area contributed by atoms with Gasteiger partial charge in [-0.15, -0.1) is 10.2 Å². The number of aliphatic hydroxyl groups is 1. The molecule has 0 aliphatic heterocycles. The van der Waals surface area contributed by atoms with Crippen LogP contribution in [0, 0.1) is 0 Å². The summed E-state index contributed by atoms with van der Waals surface area (Å²) in [6.45, 7) is 2.86. The van der Waals surface area contributed by atoms with E-state index < -0.39 is 5.97 Å². The first-order valence-electron chi connectivity index (χ1n) is 11.7. The van der Waals surface area contributed by atoms with Gasteiger partial charge in [0.25, 0.3) is 0 Å². The van der Waals surface area contributed by atoms with Crippen LogP contribution in [-0.2, 0) is 25.3 Å². The Morgan fingerprint density at radius 1 is 0.914 bits per heavy atom. The lowest BCUT2D eigenvalue weighted by Crippen LogP contribution is -2.07. The SMILES string of the molecule is CCCCc1nnc(SCc2ccc(CO)cc2)n1Cc1ccc(-c2ccccc2C(=O)O)cc1. The number of hydrogen-bond acceptors (Lipinski definition) is 5. The number of aromatic nitrogens is 3. The van der Waals surface area contributed by atoms with E-state index in [1.807, 2.05) is 60.7 Å². The van der Waals surface area contributed by atoms with Crippen LogP contribution in [0.3, 0.4) is 0 Å². The van der Waals surface area contributed by atoms with Crippen LogP contribution in [0.2, 0.25) is 0 Å². The summed E-state index contributed by atoms with van der Waals surface area (Å²) < 4.78 is 2.18. The molecule has 180 valence electrons. The fourth-order valence-corrected chi connectivity index (χ4v) is 4.80. The van der Waals surface area contributed by atoms with Crippen molar-refractivity contribution in [1.82, 2.24) is 14.8 Å². The van der Waals surface area contributed by atoms with Crippen molar-refractivity contribution in [2.24, 2.45) is 0 Å². The Bertz CT molecular complexity index is 1270. The number of nitrogens with zero attached hydrogens (tertiary/aromatic N) is 3. The maximum atomic E-state index is 11.6. The maximum absolute atomic E-state index is 11.6. The molecule has 0 fully saturated rings. The lowest BCUT2D eigenvalue weighted by molar-refractivity contribution is 0.0697. The Balaban J connectivity index is 1.54. The summed E-state index contributed by atoms with van der Waals surface area (Å²) in [5, 5.41) is 28.6. The normalized spacial score (nSPS) is 11.0. The average molecular weight is 488 g/mol. The van der Waals surface area contributed by atoms with Gasteiger partial charge in [-0.2, -0.15) is 0 Å². The Kier molecular flexibility index (Phi) is 8.34. The van der Waals surface area contributed by atoms with Gasteiger partial charge in [-0.3, -0.25) is 0 Å². The number of aromatic carboxylic acids is 1. The Morgan fingerprint density at radius 3 is 2.29 bits per heavy atom. The van der Waals surface area contributed by atoms with Gasteiger partial charge < -0.3 is 14.8 Å². The zero-order valence-electron chi connectivity index (χ0n) is 19.7. The molecule has 0 unspecified atom stereocenters. The summed E-state index contributed by atoms with van der Waals surface area (Å²) >= 11 is 1.65. The molecule has 0 radical (unpaired) electrons. The summed E-state index contributed by atoms with van der Waals surface area (Å²) in [5.41, 5.74) is 5.06. The number of thioether (sulfide) groups is 1. The number of hydrogen-bond donors (Lipinski definition) is 2. The molecule has 0 amide bonds. The average Bonchev–Trinajstić information content (AvgIpc) is 3.27. The van der Waals surface area contributed by atoms with E-state index in [2.05, 4.69) is 21.7 Å². The molecule has 0 bridgehead atoms. The molecule has 3 aromatic carbocycles. The Labute approximate surface area is 209 Å². The third kappa shape index (κ3) is 6.18. The number of rotatable bonds is 11. The monoisotopic (exact) mass is 487 g/mol. The molecule has 0 saturated heterocycles. The van der Waals surface area contributed by atoms with E-state index in [9.17, 15) is 15.0 Å². The van der Waals surface area contributed by atoms with Crippen LogP contribution in [0.1, 0.15) is 52.6 Å². The number of aliphatic hydroxyl groups excluding tert-OH is 1. The first-order chi connectivity index (χ1) is 17.1. The molecule has 0 atom stereocenters. The zero-order chi connectivity index (χ0) is 24.6. The van der Waals surface area contributed by atoms with Crippen molar-refractivity contribution < 1.29 is 15.0 Å². The molecular formula is C28H29N3O3S. The predicted octanol–water partition coefficient (Wildman–Crippen LogP) is 5.82. The van der Waals surface area contributed by atoms with Crippen molar-refractivity contribution >= 4 is 17.7 Å². The molecule has 0 aliphatic rings. The van der Waals surface area contributed by atoms with Crippen LogP contribution in [0.25, 0.3) is 11.1 Å². The molecule has 4 rings (SSSR count). The van der Waals surface area contributed by atoms with E-state index in [4.69, 9.17) is 0 Å². The molecule has 6 nitrogen and oxygen atoms in total. The van der Waals surface area contributed by atoms with Crippen molar-refractivity contribution in [3.63, 3.8) is 0 Å². The number of carboxylic acid groups (broad SMARTS) is 1. The van der Waals surface area contributed by atoms with Gasteiger partial charge in [0.2, 0.25) is 0 Å². The minimum atomic E-state index is -0.928. The van der Waals surface area contributed by atoms with Crippen LogP contribution >= 0.6 is 11.8 Å². The van der Waals surface area contributed by atoms with Gasteiger partial charge in [0, 0.05) is 12.2 Å². The van der Waals surface area contributed by atoms with Gasteiger partial charge in [-0.05, 0) is 40.3 Å². The van der Waals surface area contributed by atoms with Crippen molar-refractivity contribution in [1.29, 1.82) is 0 Å². The number of carboxylic acids is 1. The minimum absolute atomic E-state index is 0.0449. The highest BCUT2D eigenvalue weighted by atomic mass is 32.2. The smallest absolute Gasteiger partial charge is 0.336 e. The number of aryl methyl sites for hydroxylation is 1. The molecular weight excluding hydrogens is 458 g/mol. The quantitative estimate of drug-likeness (QED) is 0.259. The minimum Gasteiger partial charge on any atom is -0.478 e. The Morgan fingerprint density at radius 2 is 1.60 bits per heavy atom. The summed E-state index contributed by atoms with van der Waals surface area (Å²) in [6.07, 6.45) is 3.01. The van der Waals surface area contributed by atoms with Crippen LogP contribution in [-0.4, -0.2) is 30.9 Å². The highest BCUT2D eigenvalue weighted by molar-refractivity contribution is 7.98. The largest absolute Gasteiger partial charge is 0.478 e. The van der Waals surface area contributed by atoms with Crippen LogP contribution in [0.5, 0.6) is 0 Å². The second-order valence-electron chi connectivity index (χ2n) is 8.40. The third-order valence-electron chi connectivity index (χ3n) is 5.88. The number of unbranched alkanes of at least 4 members (excludes halogenated alkanes) is 1. The topological polar surface area (TPSA) is 88.2 Å². The molecule has 0 saturated carbocycles. The third-order valence-corrected chi connectivity index (χ3v) is 6.92. The van der Waals surface area contributed by atoms with E-state index in [1.165, 1.54) is 5.56 Å². The lowest BCUT2D eigenvalue weighted by atomic mass is 9.99. The first kappa shape index (κ1) is 24.7. The van der Waals surface area contributed by atoms with Crippen LogP contribution in [0.4, 0.5) is 0 Å². The van der Waals surface area contributed by atoms with Crippen molar-refractivity contribution in [2.75, 3.05) is 0 Å². The second kappa shape index (κ2) is 11.8. The second-order valence-corrected chi connectivity index (χ2v) is 9.34. The molecule has 4 aromatic rings. The summed E-state index contributed by atoms with van der Waals surface area (Å²) in [6, 6.07) is 23.0. The lowest BCUT2D eigenvalue weighted by Gasteiger charge is -2.12. The van der Waals surface area contributed by atoms with Crippen LogP contribution < -0.4 is 0 Å². The van der Waals surface area contributed by atoms with Gasteiger partial charge in [0.05, 0.1) is 18.7 Å². The van der Waals surface area contributed by atoms with Gasteiger partial charge in [-0.1, -0.05) is 91.8 Å². The van der Waals surface area contributed by atoms with Crippen molar-refractivity contribution in [3.8, 4) is 11.1 Å². The molecule has 0 aliphatic carbocycles. The van der Waals surface area contributed by atoms with E-state index in [-0.39, 0.29) is 6.61 Å². The van der Waals surface area contributed by atoms with E-state index >= 15 is 0 Å². The molecule has 1 heterocycles. The predicted molar refractivity (Wildman–Crippen MR) is 138 cm³/mol. The van der Waals surface area contributed by atoms with E-state index in [1.54, 1.807) is 23.9 Å². The maximum Gasteiger partial charge on any atom is 0.336 e. The van der Waals surface area contributed by atoms with E-state index in [0.717, 1.165) is 52.7 Å². The highest BCUT2D eigenvalue weighted by Gasteiger charge is 2.14. The van der Waals surface area contributed by atoms with Crippen molar-refractivity contribution in [2.45, 2.75) is 50.2 Å². The van der Waals surface area contributed by atoms with Gasteiger partial charge in [-0.25, -0.2) is 4.79 Å². The van der Waals surface area contributed by atoms with E-state index in [0.29, 0.717) is 17.7 Å². The van der Waals surface area contributed by atoms with Crippen molar-refractivity contribution in [3.05, 3.63) is 101 Å². The first-order valence-corrected chi connectivity index (χ1v) is 12.7. The molecule has 7 heteroatoms. The van der Waals surface area contributed by atoms with Gasteiger partial charge >= 0.3 is 5.97 Å². The number of benzene rings is 3. The molecule has 35 heavy (non-hydrogen) atoms. The number of carbonyl (C=O) groups is 1. The molecule has 2 N–H and O–H groups in total. The Hall–Kier alpha value is -3.42. The summed E-state index contributed by atoms with van der Waals surface area (Å²) in [5.74, 6) is 0.815. The summed E-state index contributed by atoms with van der Waals surface area (Å²) in [7, 11) is 0. The van der Waals surface area contributed by atoms with Gasteiger partial charge in [0.15, 0.2) is 5.16 Å². The molecule has 0 spiro atoms. The van der Waals surface area contributed by atoms with Gasteiger partial charge in [0.1, 0.15) is 5.82 Å². The fraction of sp³-hybridized carbons (Fsp3) is 0.250. The summed E-state index contributed by atoms with van der Waals surface area (Å²) in [4.78, 5) is 11.6.